The van der Waals surface area contributed by atoms with Crippen LogP contribution >= 0.6 is 0 Å². The number of benzene rings is 2. The van der Waals surface area contributed by atoms with Gasteiger partial charge in [0, 0.05) is 38.0 Å². The molecule has 1 amide bonds. The predicted octanol–water partition coefficient (Wildman–Crippen LogP) is 3.33. The van der Waals surface area contributed by atoms with E-state index in [1.54, 1.807) is 12.1 Å². The quantitative estimate of drug-likeness (QED) is 0.485. The van der Waals surface area contributed by atoms with Crippen LogP contribution in [0.2, 0.25) is 0 Å². The van der Waals surface area contributed by atoms with E-state index in [1.807, 2.05) is 6.07 Å². The molecule has 2 aliphatic heterocycles. The number of nitrogens with zero attached hydrogens (tertiary/aromatic N) is 2. The molecule has 2 aliphatic rings. The number of carbonyl (C=O) groups excluding carboxylic acids is 1. The molecular weight excluding hydrogens is 442 g/mol. The van der Waals surface area contributed by atoms with Crippen molar-refractivity contribution in [2.24, 2.45) is 0 Å². The number of aromatic amines is 2. The van der Waals surface area contributed by atoms with Crippen LogP contribution in [0.4, 0.5) is 5.69 Å². The van der Waals surface area contributed by atoms with Crippen LogP contribution in [-0.4, -0.2) is 70.1 Å². The first-order chi connectivity index (χ1) is 17.0. The summed E-state index contributed by atoms with van der Waals surface area (Å²) in [6.45, 7) is 7.10. The number of likely N-dealkylation sites (tertiary alicyclic amines) is 1. The minimum Gasteiger partial charge on any atom is -0.375 e. The molecule has 3 heterocycles. The van der Waals surface area contributed by atoms with Gasteiger partial charge in [-0.3, -0.25) is 14.6 Å². The number of anilines is 1. The number of hydrogen-bond acceptors (Lipinski definition) is 5. The number of H-pyrrole nitrogens is 2. The first kappa shape index (κ1) is 23.8. The minimum absolute atomic E-state index is 0.0395. The van der Waals surface area contributed by atoms with Crippen molar-refractivity contribution in [3.8, 4) is 0 Å². The third-order valence-corrected chi connectivity index (χ3v) is 7.55. The summed E-state index contributed by atoms with van der Waals surface area (Å²) in [6, 6.07) is 16.4. The van der Waals surface area contributed by atoms with Crippen molar-refractivity contribution in [1.82, 2.24) is 19.8 Å². The van der Waals surface area contributed by atoms with E-state index in [9.17, 15) is 9.59 Å². The molecule has 1 aromatic heterocycles. The maximum Gasteiger partial charge on any atom is 0.323 e. The molecule has 2 fully saturated rings. The van der Waals surface area contributed by atoms with E-state index in [4.69, 9.17) is 4.74 Å². The number of hydrogen-bond donors (Lipinski definition) is 3. The van der Waals surface area contributed by atoms with Gasteiger partial charge in [-0.25, -0.2) is 4.79 Å². The lowest BCUT2D eigenvalue weighted by Crippen LogP contribution is -2.54. The Kier molecular flexibility index (Phi) is 7.04. The Morgan fingerprint density at radius 1 is 1.14 bits per heavy atom. The van der Waals surface area contributed by atoms with E-state index in [1.165, 1.54) is 5.56 Å². The van der Waals surface area contributed by atoms with Gasteiger partial charge in [0.1, 0.15) is 0 Å². The fraction of sp³-hybridized carbons (Fsp3) is 0.481. The second kappa shape index (κ2) is 10.4. The molecule has 3 aromatic rings. The van der Waals surface area contributed by atoms with Crippen LogP contribution in [0.1, 0.15) is 38.2 Å². The van der Waals surface area contributed by atoms with E-state index < -0.39 is 0 Å². The molecule has 8 heteroatoms. The van der Waals surface area contributed by atoms with E-state index in [0.717, 1.165) is 64.0 Å². The predicted molar refractivity (Wildman–Crippen MR) is 137 cm³/mol. The third kappa shape index (κ3) is 5.66. The Morgan fingerprint density at radius 2 is 1.91 bits per heavy atom. The van der Waals surface area contributed by atoms with Gasteiger partial charge in [0.25, 0.3) is 0 Å². The number of aromatic nitrogens is 2. The van der Waals surface area contributed by atoms with Crippen LogP contribution < -0.4 is 11.0 Å². The van der Waals surface area contributed by atoms with Gasteiger partial charge in [0.2, 0.25) is 5.91 Å². The van der Waals surface area contributed by atoms with E-state index in [-0.39, 0.29) is 17.2 Å². The van der Waals surface area contributed by atoms with Crippen LogP contribution in [0.3, 0.4) is 0 Å². The Labute approximate surface area is 205 Å². The van der Waals surface area contributed by atoms with Gasteiger partial charge in [-0.1, -0.05) is 37.3 Å². The standard InChI is InChI=1S/C27H35N5O3/c1-2-32(19-25(33)28-21-8-9-23-24(16-21)30-26(34)29-23)22-10-15-35-27(17-22)11-13-31(14-12-27)18-20-6-4-3-5-7-20/h3-9,16,22H,2,10-15,17-19H2,1H3,(H,28,33)(H2,29,30,34)/t22-/m0/s1. The summed E-state index contributed by atoms with van der Waals surface area (Å²) in [6.07, 6.45) is 4.00. The van der Waals surface area contributed by atoms with Crippen molar-refractivity contribution in [2.75, 3.05) is 38.1 Å². The maximum absolute atomic E-state index is 12.9. The Hall–Kier alpha value is -2.94. The smallest absolute Gasteiger partial charge is 0.323 e. The molecule has 0 bridgehead atoms. The normalized spacial score (nSPS) is 20.5. The van der Waals surface area contributed by atoms with Gasteiger partial charge in [-0.05, 0) is 56.0 Å². The second-order valence-corrected chi connectivity index (χ2v) is 9.89. The number of ether oxygens (including phenoxy) is 1. The highest BCUT2D eigenvalue weighted by molar-refractivity contribution is 5.94. The number of amides is 1. The Balaban J connectivity index is 1.16. The number of piperidine rings is 1. The zero-order valence-electron chi connectivity index (χ0n) is 20.4. The molecule has 0 saturated carbocycles. The van der Waals surface area contributed by atoms with E-state index in [2.05, 4.69) is 62.3 Å². The molecule has 0 unspecified atom stereocenters. The first-order valence-corrected chi connectivity index (χ1v) is 12.7. The van der Waals surface area contributed by atoms with Crippen molar-refractivity contribution in [3.05, 3.63) is 64.6 Å². The second-order valence-electron chi connectivity index (χ2n) is 9.89. The molecule has 2 aromatic carbocycles. The molecule has 1 atom stereocenters. The molecule has 0 aliphatic carbocycles. The summed E-state index contributed by atoms with van der Waals surface area (Å²) in [5.74, 6) is -0.0395. The zero-order valence-corrected chi connectivity index (χ0v) is 20.4. The highest BCUT2D eigenvalue weighted by atomic mass is 16.5. The Bertz CT molecular complexity index is 1200. The van der Waals surface area contributed by atoms with Gasteiger partial charge >= 0.3 is 5.69 Å². The van der Waals surface area contributed by atoms with Crippen LogP contribution in [-0.2, 0) is 16.1 Å². The van der Waals surface area contributed by atoms with Gasteiger partial charge in [-0.2, -0.15) is 0 Å². The molecule has 3 N–H and O–H groups in total. The lowest BCUT2D eigenvalue weighted by atomic mass is 9.81. The van der Waals surface area contributed by atoms with Crippen LogP contribution in [0.25, 0.3) is 11.0 Å². The molecule has 35 heavy (non-hydrogen) atoms. The van der Waals surface area contributed by atoms with E-state index >= 15 is 0 Å². The molecule has 2 saturated heterocycles. The summed E-state index contributed by atoms with van der Waals surface area (Å²) >= 11 is 0. The molecule has 0 radical (unpaired) electrons. The largest absolute Gasteiger partial charge is 0.375 e. The van der Waals surface area contributed by atoms with Gasteiger partial charge in [0.05, 0.1) is 23.2 Å². The lowest BCUT2D eigenvalue weighted by Gasteiger charge is -2.48. The topological polar surface area (TPSA) is 93.5 Å². The summed E-state index contributed by atoms with van der Waals surface area (Å²) in [5.41, 5.74) is 3.13. The maximum atomic E-state index is 12.9. The van der Waals surface area contributed by atoms with Crippen LogP contribution in [0.15, 0.2) is 53.3 Å². The van der Waals surface area contributed by atoms with Crippen LogP contribution in [0.5, 0.6) is 0 Å². The SMILES string of the molecule is CCN(CC(=O)Nc1ccc2[nH]c(=O)[nH]c2c1)[C@H]1CCOC2(CCN(Cc3ccccc3)CC2)C1. The number of nitrogens with one attached hydrogen (secondary N) is 3. The summed E-state index contributed by atoms with van der Waals surface area (Å²) in [7, 11) is 0. The zero-order chi connectivity index (χ0) is 24.3. The van der Waals surface area contributed by atoms with Crippen molar-refractivity contribution < 1.29 is 9.53 Å². The molecule has 5 rings (SSSR count). The van der Waals surface area contributed by atoms with Gasteiger partial charge in [-0.15, -0.1) is 0 Å². The highest BCUT2D eigenvalue weighted by Gasteiger charge is 2.41. The monoisotopic (exact) mass is 477 g/mol. The van der Waals surface area contributed by atoms with Crippen molar-refractivity contribution in [2.45, 2.75) is 50.8 Å². The third-order valence-electron chi connectivity index (χ3n) is 7.55. The Morgan fingerprint density at radius 3 is 2.69 bits per heavy atom. The number of likely N-dealkylation sites (N-methyl/N-ethyl adjacent to an activating group) is 1. The molecule has 8 nitrogen and oxygen atoms in total. The highest BCUT2D eigenvalue weighted by Crippen LogP contribution is 2.37. The lowest BCUT2D eigenvalue weighted by molar-refractivity contribution is -0.137. The van der Waals surface area contributed by atoms with Crippen LogP contribution in [0, 0.1) is 0 Å². The fourth-order valence-electron chi connectivity index (χ4n) is 5.62. The average molecular weight is 478 g/mol. The molecular formula is C27H35N5O3. The fourth-order valence-corrected chi connectivity index (χ4v) is 5.62. The van der Waals surface area contributed by atoms with Crippen molar-refractivity contribution >= 4 is 22.6 Å². The van der Waals surface area contributed by atoms with Gasteiger partial charge in [0.15, 0.2) is 0 Å². The minimum atomic E-state index is -0.250. The first-order valence-electron chi connectivity index (χ1n) is 12.7. The number of carbonyl (C=O) groups is 1. The number of rotatable bonds is 7. The van der Waals surface area contributed by atoms with Crippen molar-refractivity contribution in [1.29, 1.82) is 0 Å². The molecule has 1 spiro atoms. The number of fused-ring (bicyclic) bond motifs is 1. The summed E-state index contributed by atoms with van der Waals surface area (Å²) in [4.78, 5) is 34.6. The summed E-state index contributed by atoms with van der Waals surface area (Å²) < 4.78 is 6.39. The van der Waals surface area contributed by atoms with E-state index in [0.29, 0.717) is 23.8 Å². The van der Waals surface area contributed by atoms with Crippen molar-refractivity contribution in [3.63, 3.8) is 0 Å². The number of imidazole rings is 1. The summed E-state index contributed by atoms with van der Waals surface area (Å²) in [5, 5.41) is 2.99. The average Bonchev–Trinajstić information content (AvgIpc) is 3.24. The van der Waals surface area contributed by atoms with Gasteiger partial charge < -0.3 is 20.0 Å². The molecule has 186 valence electrons.